The second-order valence-electron chi connectivity index (χ2n) is 5.50. The van der Waals surface area contributed by atoms with Crippen LogP contribution in [0.5, 0.6) is 0 Å². The van der Waals surface area contributed by atoms with Gasteiger partial charge in [0.2, 0.25) is 5.95 Å². The summed E-state index contributed by atoms with van der Waals surface area (Å²) in [7, 11) is -3.60. The Bertz CT molecular complexity index is 746. The Balaban J connectivity index is 1.69. The Kier molecular flexibility index (Phi) is 4.58. The monoisotopic (exact) mass is 336 g/mol. The third kappa shape index (κ3) is 3.67. The SMILES string of the molecule is CCn1cnc(S(=O)(=O)N[C@H]2CCCN(c3ncccn3)C2)c1. The van der Waals surface area contributed by atoms with Crippen molar-refractivity contribution in [2.45, 2.75) is 37.4 Å². The number of aryl methyl sites for hydroxylation is 1. The zero-order valence-corrected chi connectivity index (χ0v) is 13.8. The van der Waals surface area contributed by atoms with Crippen molar-refractivity contribution in [3.8, 4) is 0 Å². The van der Waals surface area contributed by atoms with E-state index in [2.05, 4.69) is 19.7 Å². The summed E-state index contributed by atoms with van der Waals surface area (Å²) in [5.74, 6) is 0.631. The van der Waals surface area contributed by atoms with Gasteiger partial charge in [-0.1, -0.05) is 0 Å². The first-order valence-electron chi connectivity index (χ1n) is 7.64. The minimum absolute atomic E-state index is 0.0624. The molecule has 1 aliphatic rings. The van der Waals surface area contributed by atoms with E-state index in [4.69, 9.17) is 0 Å². The number of nitrogens with one attached hydrogen (secondary N) is 1. The molecule has 8 nitrogen and oxygen atoms in total. The van der Waals surface area contributed by atoms with Crippen LogP contribution in [0.2, 0.25) is 0 Å². The molecule has 0 amide bonds. The number of aromatic nitrogens is 4. The van der Waals surface area contributed by atoms with Crippen LogP contribution in [0.25, 0.3) is 0 Å². The van der Waals surface area contributed by atoms with Crippen LogP contribution in [-0.2, 0) is 16.6 Å². The van der Waals surface area contributed by atoms with Crippen LogP contribution in [0.3, 0.4) is 0 Å². The average Bonchev–Trinajstić information content (AvgIpc) is 3.06. The van der Waals surface area contributed by atoms with Crippen molar-refractivity contribution < 1.29 is 8.42 Å². The summed E-state index contributed by atoms with van der Waals surface area (Å²) < 4.78 is 29.4. The van der Waals surface area contributed by atoms with Crippen molar-refractivity contribution in [1.82, 2.24) is 24.2 Å². The fourth-order valence-electron chi connectivity index (χ4n) is 2.64. The molecule has 2 aromatic rings. The molecule has 0 bridgehead atoms. The highest BCUT2D eigenvalue weighted by Crippen LogP contribution is 2.17. The van der Waals surface area contributed by atoms with Gasteiger partial charge in [0.1, 0.15) is 0 Å². The van der Waals surface area contributed by atoms with E-state index in [0.29, 0.717) is 19.0 Å². The van der Waals surface area contributed by atoms with E-state index in [9.17, 15) is 8.42 Å². The topological polar surface area (TPSA) is 93.0 Å². The van der Waals surface area contributed by atoms with Crippen LogP contribution in [-0.4, -0.2) is 47.1 Å². The van der Waals surface area contributed by atoms with Crippen molar-refractivity contribution in [3.63, 3.8) is 0 Å². The van der Waals surface area contributed by atoms with E-state index in [0.717, 1.165) is 19.4 Å². The van der Waals surface area contributed by atoms with Crippen molar-refractivity contribution in [1.29, 1.82) is 0 Å². The lowest BCUT2D eigenvalue weighted by Crippen LogP contribution is -2.48. The van der Waals surface area contributed by atoms with E-state index >= 15 is 0 Å². The van der Waals surface area contributed by atoms with Crippen molar-refractivity contribution >= 4 is 16.0 Å². The molecule has 9 heteroatoms. The number of hydrogen-bond donors (Lipinski definition) is 1. The molecule has 0 aliphatic carbocycles. The molecule has 0 spiro atoms. The summed E-state index contributed by atoms with van der Waals surface area (Å²) in [5.41, 5.74) is 0. The third-order valence-corrected chi connectivity index (χ3v) is 5.23. The average molecular weight is 336 g/mol. The second kappa shape index (κ2) is 6.63. The molecule has 1 saturated heterocycles. The zero-order valence-electron chi connectivity index (χ0n) is 13.0. The number of hydrogen-bond acceptors (Lipinski definition) is 6. The number of sulfonamides is 1. The molecule has 1 N–H and O–H groups in total. The number of imidazole rings is 1. The Morgan fingerprint density at radius 2 is 2.09 bits per heavy atom. The van der Waals surface area contributed by atoms with Gasteiger partial charge in [-0.2, -0.15) is 0 Å². The van der Waals surface area contributed by atoms with Gasteiger partial charge < -0.3 is 9.47 Å². The number of nitrogens with zero attached hydrogens (tertiary/aromatic N) is 5. The van der Waals surface area contributed by atoms with E-state index in [1.165, 1.54) is 6.33 Å². The molecule has 1 atom stereocenters. The van der Waals surface area contributed by atoms with E-state index < -0.39 is 10.0 Å². The van der Waals surface area contributed by atoms with Crippen molar-refractivity contribution in [2.75, 3.05) is 18.0 Å². The number of anilines is 1. The molecule has 23 heavy (non-hydrogen) atoms. The summed E-state index contributed by atoms with van der Waals surface area (Å²) in [6.07, 6.45) is 8.12. The van der Waals surface area contributed by atoms with Gasteiger partial charge in [0.05, 0.1) is 6.33 Å². The van der Waals surface area contributed by atoms with Gasteiger partial charge in [0.15, 0.2) is 5.03 Å². The van der Waals surface area contributed by atoms with E-state index in [-0.39, 0.29) is 11.1 Å². The highest BCUT2D eigenvalue weighted by Gasteiger charge is 2.27. The molecule has 0 aromatic carbocycles. The maximum Gasteiger partial charge on any atom is 0.259 e. The summed E-state index contributed by atoms with van der Waals surface area (Å²) in [5, 5.41) is 0.0624. The highest BCUT2D eigenvalue weighted by molar-refractivity contribution is 7.89. The van der Waals surface area contributed by atoms with Gasteiger partial charge >= 0.3 is 0 Å². The summed E-state index contributed by atoms with van der Waals surface area (Å²) in [6.45, 7) is 4.00. The molecule has 1 fully saturated rings. The van der Waals surface area contributed by atoms with Gasteiger partial charge in [-0.3, -0.25) is 0 Å². The van der Waals surface area contributed by atoms with Gasteiger partial charge in [-0.05, 0) is 25.8 Å². The van der Waals surface area contributed by atoms with Gasteiger partial charge in [-0.25, -0.2) is 28.1 Å². The lowest BCUT2D eigenvalue weighted by molar-refractivity contribution is 0.461. The normalized spacial score (nSPS) is 19.0. The Labute approximate surface area is 135 Å². The lowest BCUT2D eigenvalue weighted by atomic mass is 10.1. The number of rotatable bonds is 5. The summed E-state index contributed by atoms with van der Waals surface area (Å²) in [6, 6.07) is 1.59. The molecule has 3 heterocycles. The lowest BCUT2D eigenvalue weighted by Gasteiger charge is -2.32. The Morgan fingerprint density at radius 1 is 1.30 bits per heavy atom. The van der Waals surface area contributed by atoms with Crippen LogP contribution < -0.4 is 9.62 Å². The van der Waals surface area contributed by atoms with Crippen LogP contribution in [0.4, 0.5) is 5.95 Å². The van der Waals surface area contributed by atoms with Gasteiger partial charge in [-0.15, -0.1) is 0 Å². The van der Waals surface area contributed by atoms with Gasteiger partial charge in [0.25, 0.3) is 10.0 Å². The summed E-state index contributed by atoms with van der Waals surface area (Å²) >= 11 is 0. The van der Waals surface area contributed by atoms with Crippen LogP contribution in [0.1, 0.15) is 19.8 Å². The molecule has 0 unspecified atom stereocenters. The largest absolute Gasteiger partial charge is 0.339 e. The maximum absolute atomic E-state index is 12.4. The molecule has 3 rings (SSSR count). The molecular weight excluding hydrogens is 316 g/mol. The first-order valence-corrected chi connectivity index (χ1v) is 9.13. The number of piperidine rings is 1. The molecule has 124 valence electrons. The summed E-state index contributed by atoms with van der Waals surface area (Å²) in [4.78, 5) is 14.4. The Hall–Kier alpha value is -2.00. The van der Waals surface area contributed by atoms with Crippen LogP contribution in [0, 0.1) is 0 Å². The fraction of sp³-hybridized carbons (Fsp3) is 0.500. The quantitative estimate of drug-likeness (QED) is 0.861. The smallest absolute Gasteiger partial charge is 0.259 e. The molecular formula is C14H20N6O2S. The first kappa shape index (κ1) is 15.9. The van der Waals surface area contributed by atoms with Crippen LogP contribution >= 0.6 is 0 Å². The predicted molar refractivity (Wildman–Crippen MR) is 85.5 cm³/mol. The first-order chi connectivity index (χ1) is 11.1. The minimum atomic E-state index is -3.60. The standard InChI is InChI=1S/C14H20N6O2S/c1-2-19-10-13(17-11-19)23(21,22)18-12-5-3-8-20(9-12)14-15-6-4-7-16-14/h4,6-7,10-12,18H,2-3,5,8-9H2,1H3/t12-/m0/s1. The molecule has 0 radical (unpaired) electrons. The zero-order chi connectivity index (χ0) is 16.3. The maximum atomic E-state index is 12.4. The van der Waals surface area contributed by atoms with E-state index in [1.807, 2.05) is 11.8 Å². The van der Waals surface area contributed by atoms with Gasteiger partial charge in [0, 0.05) is 44.3 Å². The third-order valence-electron chi connectivity index (χ3n) is 3.83. The Morgan fingerprint density at radius 3 is 2.78 bits per heavy atom. The molecule has 2 aromatic heterocycles. The highest BCUT2D eigenvalue weighted by atomic mass is 32.2. The fourth-order valence-corrected chi connectivity index (χ4v) is 3.85. The molecule has 0 saturated carbocycles. The van der Waals surface area contributed by atoms with Crippen LogP contribution in [0.15, 0.2) is 36.0 Å². The second-order valence-corrected chi connectivity index (χ2v) is 7.16. The minimum Gasteiger partial charge on any atom is -0.339 e. The van der Waals surface area contributed by atoms with E-state index in [1.54, 1.807) is 29.2 Å². The van der Waals surface area contributed by atoms with Crippen molar-refractivity contribution in [3.05, 3.63) is 31.0 Å². The predicted octanol–water partition coefficient (Wildman–Crippen LogP) is 0.640. The van der Waals surface area contributed by atoms with Crippen molar-refractivity contribution in [2.24, 2.45) is 0 Å². The molecule has 1 aliphatic heterocycles.